The highest BCUT2D eigenvalue weighted by Crippen LogP contribution is 2.23. The molecule has 0 saturated heterocycles. The lowest BCUT2D eigenvalue weighted by Crippen LogP contribution is -2.23. The van der Waals surface area contributed by atoms with E-state index >= 15 is 0 Å². The number of amides is 1. The Hall–Kier alpha value is -1.85. The van der Waals surface area contributed by atoms with Crippen LogP contribution in [0.3, 0.4) is 0 Å². The standard InChI is InChI=1S/C18H21Cl2N3O2/c1-3-4-13-10-14(11-21-13)22-18(24)8-7-17(23-25-2)12-5-6-15(19)16(20)9-12/h5-6,9-11,13H,3-4,7-8H2,1-2H3,(H,22,24). The van der Waals surface area contributed by atoms with Crippen LogP contribution in [-0.2, 0) is 9.63 Å². The molecule has 7 heteroatoms. The van der Waals surface area contributed by atoms with Crippen molar-refractivity contribution in [2.75, 3.05) is 7.11 Å². The van der Waals surface area contributed by atoms with Crippen LogP contribution in [0.1, 0.15) is 38.2 Å². The third-order valence-corrected chi connectivity index (χ3v) is 4.43. The van der Waals surface area contributed by atoms with E-state index in [-0.39, 0.29) is 18.4 Å². The number of hydrogen-bond donors (Lipinski definition) is 1. The number of benzene rings is 1. The molecule has 0 bridgehead atoms. The predicted molar refractivity (Wildman–Crippen MR) is 103 cm³/mol. The fourth-order valence-electron chi connectivity index (χ4n) is 2.48. The zero-order valence-electron chi connectivity index (χ0n) is 14.3. The lowest BCUT2D eigenvalue weighted by molar-refractivity contribution is -0.120. The predicted octanol–water partition coefficient (Wildman–Crippen LogP) is 4.38. The molecule has 1 aromatic rings. The van der Waals surface area contributed by atoms with E-state index < -0.39 is 0 Å². The van der Waals surface area contributed by atoms with Gasteiger partial charge in [-0.15, -0.1) is 0 Å². The van der Waals surface area contributed by atoms with Gasteiger partial charge >= 0.3 is 0 Å². The van der Waals surface area contributed by atoms with Crippen molar-refractivity contribution in [1.82, 2.24) is 5.32 Å². The number of nitrogens with zero attached hydrogens (tertiary/aromatic N) is 2. The first-order valence-corrected chi connectivity index (χ1v) is 8.89. The van der Waals surface area contributed by atoms with Crippen LogP contribution >= 0.6 is 23.2 Å². The Labute approximate surface area is 157 Å². The highest BCUT2D eigenvalue weighted by molar-refractivity contribution is 6.42. The fraction of sp³-hybridized carbons (Fsp3) is 0.389. The second kappa shape index (κ2) is 9.59. The molecule has 1 amide bonds. The monoisotopic (exact) mass is 381 g/mol. The quantitative estimate of drug-likeness (QED) is 0.536. The second-order valence-electron chi connectivity index (χ2n) is 5.65. The lowest BCUT2D eigenvalue weighted by atomic mass is 10.1. The summed E-state index contributed by atoms with van der Waals surface area (Å²) in [7, 11) is 1.46. The van der Waals surface area contributed by atoms with E-state index in [0.717, 1.165) is 24.1 Å². The number of carbonyl (C=O) groups excluding carboxylic acids is 1. The van der Waals surface area contributed by atoms with E-state index in [1.807, 2.05) is 6.08 Å². The van der Waals surface area contributed by atoms with E-state index in [2.05, 4.69) is 22.4 Å². The zero-order valence-corrected chi connectivity index (χ0v) is 15.8. The number of nitrogens with one attached hydrogen (secondary N) is 1. The Morgan fingerprint density at radius 1 is 1.32 bits per heavy atom. The summed E-state index contributed by atoms with van der Waals surface area (Å²) in [5.74, 6) is -0.0984. The van der Waals surface area contributed by atoms with E-state index in [0.29, 0.717) is 22.2 Å². The van der Waals surface area contributed by atoms with Crippen molar-refractivity contribution >= 4 is 41.0 Å². The molecule has 0 aromatic heterocycles. The van der Waals surface area contributed by atoms with Crippen LogP contribution in [0.15, 0.2) is 40.1 Å². The first kappa shape index (κ1) is 19.5. The maximum atomic E-state index is 12.2. The number of carbonyl (C=O) groups is 1. The van der Waals surface area contributed by atoms with Crippen LogP contribution in [0.5, 0.6) is 0 Å². The Morgan fingerprint density at radius 3 is 2.80 bits per heavy atom. The fourth-order valence-corrected chi connectivity index (χ4v) is 2.78. The third-order valence-electron chi connectivity index (χ3n) is 3.69. The van der Waals surface area contributed by atoms with Crippen molar-refractivity contribution in [3.8, 4) is 0 Å². The summed E-state index contributed by atoms with van der Waals surface area (Å²) in [5.41, 5.74) is 2.16. The van der Waals surface area contributed by atoms with Crippen molar-refractivity contribution in [1.29, 1.82) is 0 Å². The average Bonchev–Trinajstić information content (AvgIpc) is 3.01. The zero-order chi connectivity index (χ0) is 18.2. The molecule has 1 aliphatic heterocycles. The molecule has 1 atom stereocenters. The number of hydrogen-bond acceptors (Lipinski definition) is 4. The molecular weight excluding hydrogens is 361 g/mol. The van der Waals surface area contributed by atoms with Gasteiger partial charge < -0.3 is 10.2 Å². The second-order valence-corrected chi connectivity index (χ2v) is 6.47. The Balaban J connectivity index is 1.94. The minimum Gasteiger partial charge on any atom is -0.399 e. The lowest BCUT2D eigenvalue weighted by Gasteiger charge is -2.08. The van der Waals surface area contributed by atoms with Gasteiger partial charge in [0.05, 0.1) is 27.5 Å². The summed E-state index contributed by atoms with van der Waals surface area (Å²) >= 11 is 12.0. The van der Waals surface area contributed by atoms with Gasteiger partial charge in [-0.25, -0.2) is 0 Å². The van der Waals surface area contributed by atoms with Gasteiger partial charge in [0, 0.05) is 24.6 Å². The third kappa shape index (κ3) is 5.87. The van der Waals surface area contributed by atoms with Gasteiger partial charge in [0.15, 0.2) is 0 Å². The van der Waals surface area contributed by atoms with Crippen molar-refractivity contribution < 1.29 is 9.63 Å². The van der Waals surface area contributed by atoms with Crippen LogP contribution in [0.2, 0.25) is 10.0 Å². The van der Waals surface area contributed by atoms with Crippen LogP contribution in [-0.4, -0.2) is 31.0 Å². The number of aliphatic imine (C=N–C) groups is 1. The topological polar surface area (TPSA) is 63.0 Å². The van der Waals surface area contributed by atoms with Gasteiger partial charge in [-0.1, -0.05) is 47.8 Å². The van der Waals surface area contributed by atoms with Crippen LogP contribution < -0.4 is 5.32 Å². The minimum atomic E-state index is -0.0984. The maximum absolute atomic E-state index is 12.2. The number of oxime groups is 1. The van der Waals surface area contributed by atoms with Gasteiger partial charge in [0.25, 0.3) is 0 Å². The molecule has 1 heterocycles. The maximum Gasteiger partial charge on any atom is 0.224 e. The largest absolute Gasteiger partial charge is 0.399 e. The average molecular weight is 382 g/mol. The Kier molecular flexibility index (Phi) is 7.47. The van der Waals surface area contributed by atoms with Crippen molar-refractivity contribution in [2.24, 2.45) is 10.1 Å². The van der Waals surface area contributed by atoms with Gasteiger partial charge in [0.2, 0.25) is 5.91 Å². The molecule has 0 saturated carbocycles. The van der Waals surface area contributed by atoms with Gasteiger partial charge in [-0.05, 0) is 24.6 Å². The summed E-state index contributed by atoms with van der Waals surface area (Å²) in [6, 6.07) is 5.37. The number of halogens is 2. The first-order valence-electron chi connectivity index (χ1n) is 8.13. The van der Waals surface area contributed by atoms with Crippen LogP contribution in [0.4, 0.5) is 0 Å². The molecule has 1 aromatic carbocycles. The summed E-state index contributed by atoms with van der Waals surface area (Å²) in [4.78, 5) is 21.4. The van der Waals surface area contributed by atoms with Gasteiger partial charge in [-0.2, -0.15) is 0 Å². The molecule has 25 heavy (non-hydrogen) atoms. The number of allylic oxidation sites excluding steroid dienone is 1. The normalized spacial score (nSPS) is 16.7. The summed E-state index contributed by atoms with van der Waals surface area (Å²) in [6.07, 6.45) is 6.41. The molecule has 0 radical (unpaired) electrons. The minimum absolute atomic E-state index is 0.0984. The molecule has 134 valence electrons. The molecule has 5 nitrogen and oxygen atoms in total. The van der Waals surface area contributed by atoms with Gasteiger partial charge in [0.1, 0.15) is 7.11 Å². The molecule has 0 spiro atoms. The smallest absolute Gasteiger partial charge is 0.224 e. The molecule has 1 N–H and O–H groups in total. The summed E-state index contributed by atoms with van der Waals surface area (Å²) in [6.45, 7) is 2.11. The molecule has 1 aliphatic rings. The SMILES string of the molecule is CCCC1C=C(NC(=O)CCC(=NOC)c2ccc(Cl)c(Cl)c2)C=N1. The molecular formula is C18H21Cl2N3O2. The number of rotatable bonds is 8. The highest BCUT2D eigenvalue weighted by atomic mass is 35.5. The van der Waals surface area contributed by atoms with Crippen LogP contribution in [0.25, 0.3) is 0 Å². The molecule has 0 fully saturated rings. The van der Waals surface area contributed by atoms with Crippen LogP contribution in [0, 0.1) is 0 Å². The van der Waals surface area contributed by atoms with Crippen molar-refractivity contribution in [2.45, 2.75) is 38.6 Å². The van der Waals surface area contributed by atoms with Gasteiger partial charge in [-0.3, -0.25) is 9.79 Å². The molecule has 2 rings (SSSR count). The summed E-state index contributed by atoms with van der Waals surface area (Å²) < 4.78 is 0. The molecule has 1 unspecified atom stereocenters. The summed E-state index contributed by atoms with van der Waals surface area (Å²) in [5, 5.41) is 7.76. The molecule has 0 aliphatic carbocycles. The van der Waals surface area contributed by atoms with Crippen molar-refractivity contribution in [3.63, 3.8) is 0 Å². The first-order chi connectivity index (χ1) is 12.0. The Morgan fingerprint density at radius 2 is 2.12 bits per heavy atom. The Bertz CT molecular complexity index is 714. The van der Waals surface area contributed by atoms with E-state index in [1.165, 1.54) is 7.11 Å². The van der Waals surface area contributed by atoms with E-state index in [1.54, 1.807) is 24.4 Å². The van der Waals surface area contributed by atoms with Crippen molar-refractivity contribution in [3.05, 3.63) is 45.6 Å². The van der Waals surface area contributed by atoms with E-state index in [9.17, 15) is 4.79 Å². The highest BCUT2D eigenvalue weighted by Gasteiger charge is 2.14. The van der Waals surface area contributed by atoms with E-state index in [4.69, 9.17) is 28.0 Å².